The van der Waals surface area contributed by atoms with Crippen LogP contribution < -0.4 is 5.32 Å². The summed E-state index contributed by atoms with van der Waals surface area (Å²) in [6, 6.07) is 3.80. The molecular formula is C11H15N3OS. The average Bonchev–Trinajstić information content (AvgIpc) is 2.85. The molecule has 86 valence electrons. The summed E-state index contributed by atoms with van der Waals surface area (Å²) in [4.78, 5) is 0. The van der Waals surface area contributed by atoms with Gasteiger partial charge in [-0.1, -0.05) is 32.1 Å². The van der Waals surface area contributed by atoms with Crippen LogP contribution in [0.3, 0.4) is 0 Å². The zero-order chi connectivity index (χ0) is 11.6. The smallest absolute Gasteiger partial charge is 0.206 e. The van der Waals surface area contributed by atoms with E-state index in [0.717, 1.165) is 15.9 Å². The first-order valence-corrected chi connectivity index (χ1v) is 5.97. The average molecular weight is 237 g/mol. The predicted molar refractivity (Wildman–Crippen MR) is 64.6 cm³/mol. The molecule has 0 saturated heterocycles. The summed E-state index contributed by atoms with van der Waals surface area (Å²) in [5.74, 6) is 0.896. The summed E-state index contributed by atoms with van der Waals surface area (Å²) in [7, 11) is 0. The van der Waals surface area contributed by atoms with Gasteiger partial charge in [0.25, 0.3) is 0 Å². The SMILES string of the molecule is CC(C)(C)c1nnc(NCc2ccco2)s1. The van der Waals surface area contributed by atoms with Crippen LogP contribution in [0.25, 0.3) is 0 Å². The maximum atomic E-state index is 5.22. The van der Waals surface area contributed by atoms with Crippen LogP contribution in [0, 0.1) is 0 Å². The van der Waals surface area contributed by atoms with Crippen molar-refractivity contribution in [1.29, 1.82) is 0 Å². The molecule has 0 aliphatic heterocycles. The molecule has 0 radical (unpaired) electrons. The molecule has 0 saturated carbocycles. The van der Waals surface area contributed by atoms with Crippen molar-refractivity contribution in [3.63, 3.8) is 0 Å². The maximum Gasteiger partial charge on any atom is 0.206 e. The summed E-state index contributed by atoms with van der Waals surface area (Å²) in [5.41, 5.74) is 0.0578. The molecule has 1 N–H and O–H groups in total. The van der Waals surface area contributed by atoms with Gasteiger partial charge in [-0.05, 0) is 12.1 Å². The molecule has 0 bridgehead atoms. The molecule has 0 unspecified atom stereocenters. The van der Waals surface area contributed by atoms with Crippen molar-refractivity contribution in [3.05, 3.63) is 29.2 Å². The van der Waals surface area contributed by atoms with Gasteiger partial charge in [-0.2, -0.15) is 0 Å². The lowest BCUT2D eigenvalue weighted by atomic mass is 9.98. The number of rotatable bonds is 3. The second-order valence-corrected chi connectivity index (χ2v) is 5.57. The lowest BCUT2D eigenvalue weighted by Gasteiger charge is -2.12. The molecule has 4 nitrogen and oxygen atoms in total. The first-order valence-electron chi connectivity index (χ1n) is 5.16. The molecule has 0 amide bonds. The van der Waals surface area contributed by atoms with Crippen LogP contribution in [-0.4, -0.2) is 10.2 Å². The van der Waals surface area contributed by atoms with E-state index < -0.39 is 0 Å². The van der Waals surface area contributed by atoms with Gasteiger partial charge in [-0.25, -0.2) is 0 Å². The van der Waals surface area contributed by atoms with Crippen molar-refractivity contribution in [1.82, 2.24) is 10.2 Å². The Bertz CT molecular complexity index is 442. The third kappa shape index (κ3) is 2.61. The van der Waals surface area contributed by atoms with E-state index in [1.807, 2.05) is 12.1 Å². The summed E-state index contributed by atoms with van der Waals surface area (Å²) < 4.78 is 5.22. The highest BCUT2D eigenvalue weighted by atomic mass is 32.1. The first kappa shape index (κ1) is 11.1. The van der Waals surface area contributed by atoms with Gasteiger partial charge in [0.1, 0.15) is 10.8 Å². The molecule has 0 fully saturated rings. The molecule has 2 heterocycles. The van der Waals surface area contributed by atoms with E-state index in [1.54, 1.807) is 17.6 Å². The fraction of sp³-hybridized carbons (Fsp3) is 0.455. The second kappa shape index (κ2) is 4.25. The summed E-state index contributed by atoms with van der Waals surface area (Å²) in [5, 5.41) is 13.3. The van der Waals surface area contributed by atoms with Gasteiger partial charge in [0.05, 0.1) is 12.8 Å². The monoisotopic (exact) mass is 237 g/mol. The van der Waals surface area contributed by atoms with Crippen molar-refractivity contribution in [2.45, 2.75) is 32.7 Å². The van der Waals surface area contributed by atoms with Crippen molar-refractivity contribution in [2.75, 3.05) is 5.32 Å². The lowest BCUT2D eigenvalue weighted by molar-refractivity contribution is 0.518. The Morgan fingerprint density at radius 1 is 1.38 bits per heavy atom. The van der Waals surface area contributed by atoms with E-state index in [2.05, 4.69) is 36.3 Å². The van der Waals surface area contributed by atoms with E-state index in [1.165, 1.54) is 0 Å². The third-order valence-corrected chi connectivity index (χ3v) is 3.37. The fourth-order valence-electron chi connectivity index (χ4n) is 1.17. The van der Waals surface area contributed by atoms with Gasteiger partial charge in [-0.15, -0.1) is 10.2 Å². The van der Waals surface area contributed by atoms with Crippen LogP contribution in [0.5, 0.6) is 0 Å². The van der Waals surface area contributed by atoms with Crippen molar-refractivity contribution in [3.8, 4) is 0 Å². The highest BCUT2D eigenvalue weighted by molar-refractivity contribution is 7.15. The molecule has 0 atom stereocenters. The van der Waals surface area contributed by atoms with E-state index in [9.17, 15) is 0 Å². The van der Waals surface area contributed by atoms with Gasteiger partial charge in [-0.3, -0.25) is 0 Å². The van der Waals surface area contributed by atoms with Gasteiger partial charge in [0.15, 0.2) is 0 Å². The number of aromatic nitrogens is 2. The third-order valence-electron chi connectivity index (χ3n) is 2.06. The number of furan rings is 1. The number of nitrogens with zero attached hydrogens (tertiary/aromatic N) is 2. The topological polar surface area (TPSA) is 51.0 Å². The number of hydrogen-bond acceptors (Lipinski definition) is 5. The predicted octanol–water partition coefficient (Wildman–Crippen LogP) is 3.04. The molecule has 2 aromatic rings. The molecule has 16 heavy (non-hydrogen) atoms. The Morgan fingerprint density at radius 2 is 2.19 bits per heavy atom. The summed E-state index contributed by atoms with van der Waals surface area (Å²) >= 11 is 1.59. The molecule has 2 aromatic heterocycles. The minimum atomic E-state index is 0.0578. The molecule has 0 aliphatic carbocycles. The Morgan fingerprint density at radius 3 is 2.75 bits per heavy atom. The van der Waals surface area contributed by atoms with E-state index in [0.29, 0.717) is 6.54 Å². The Hall–Kier alpha value is -1.36. The van der Waals surface area contributed by atoms with E-state index in [-0.39, 0.29) is 5.41 Å². The van der Waals surface area contributed by atoms with Crippen LogP contribution in [0.2, 0.25) is 0 Å². The number of anilines is 1. The molecule has 2 rings (SSSR count). The Kier molecular flexibility index (Phi) is 2.96. The maximum absolute atomic E-state index is 5.22. The number of nitrogens with one attached hydrogen (secondary N) is 1. The molecule has 0 aliphatic rings. The molecule has 0 spiro atoms. The summed E-state index contributed by atoms with van der Waals surface area (Å²) in [6.45, 7) is 7.03. The van der Waals surface area contributed by atoms with E-state index >= 15 is 0 Å². The normalized spacial score (nSPS) is 11.7. The number of hydrogen-bond donors (Lipinski definition) is 1. The van der Waals surface area contributed by atoms with Crippen LogP contribution in [0.15, 0.2) is 22.8 Å². The van der Waals surface area contributed by atoms with Crippen LogP contribution in [-0.2, 0) is 12.0 Å². The standard InChI is InChI=1S/C11H15N3OS/c1-11(2,3)9-13-14-10(16-9)12-7-8-5-4-6-15-8/h4-6H,7H2,1-3H3,(H,12,14). The van der Waals surface area contributed by atoms with Crippen molar-refractivity contribution >= 4 is 16.5 Å². The minimum absolute atomic E-state index is 0.0578. The van der Waals surface area contributed by atoms with Gasteiger partial charge < -0.3 is 9.73 Å². The first-order chi connectivity index (χ1) is 7.55. The van der Waals surface area contributed by atoms with Crippen molar-refractivity contribution < 1.29 is 4.42 Å². The highest BCUT2D eigenvalue weighted by Crippen LogP contribution is 2.27. The fourth-order valence-corrected chi connectivity index (χ4v) is 1.97. The quantitative estimate of drug-likeness (QED) is 0.891. The Balaban J connectivity index is 1.98. The molecule has 0 aromatic carbocycles. The zero-order valence-electron chi connectivity index (χ0n) is 9.65. The van der Waals surface area contributed by atoms with Crippen LogP contribution in [0.4, 0.5) is 5.13 Å². The van der Waals surface area contributed by atoms with Gasteiger partial charge >= 0.3 is 0 Å². The molecular weight excluding hydrogens is 222 g/mol. The van der Waals surface area contributed by atoms with Crippen LogP contribution >= 0.6 is 11.3 Å². The molecule has 5 heteroatoms. The largest absolute Gasteiger partial charge is 0.467 e. The summed E-state index contributed by atoms with van der Waals surface area (Å²) in [6.07, 6.45) is 1.66. The van der Waals surface area contributed by atoms with Gasteiger partial charge in [0.2, 0.25) is 5.13 Å². The lowest BCUT2D eigenvalue weighted by Crippen LogP contribution is -2.10. The van der Waals surface area contributed by atoms with E-state index in [4.69, 9.17) is 4.42 Å². The zero-order valence-corrected chi connectivity index (χ0v) is 10.5. The second-order valence-electron chi connectivity index (χ2n) is 4.60. The van der Waals surface area contributed by atoms with Crippen LogP contribution in [0.1, 0.15) is 31.5 Å². The van der Waals surface area contributed by atoms with Gasteiger partial charge in [0, 0.05) is 5.41 Å². The van der Waals surface area contributed by atoms with Crippen molar-refractivity contribution in [2.24, 2.45) is 0 Å². The Labute approximate surface area is 98.7 Å². The highest BCUT2D eigenvalue weighted by Gasteiger charge is 2.19. The minimum Gasteiger partial charge on any atom is -0.467 e.